The molecule has 3 saturated heterocycles. The number of aliphatic hydroxyl groups excluding tert-OH is 9. The maximum absolute atomic E-state index is 13.7. The van der Waals surface area contributed by atoms with Gasteiger partial charge in [-0.2, -0.15) is 0 Å². The van der Waals surface area contributed by atoms with Gasteiger partial charge in [-0.3, -0.25) is 38.4 Å². The van der Waals surface area contributed by atoms with Crippen molar-refractivity contribution in [2.45, 2.75) is 183 Å². The Labute approximate surface area is 557 Å². The molecular weight excluding hydrogens is 1280 g/mol. The molecular formula is C59H106N8O29. The first-order chi connectivity index (χ1) is 46.0. The first kappa shape index (κ1) is 85.1. The molecule has 96 heavy (non-hydrogen) atoms. The summed E-state index contributed by atoms with van der Waals surface area (Å²) in [7, 11) is 0. The predicted molar refractivity (Wildman–Crippen MR) is 329 cm³/mol. The van der Waals surface area contributed by atoms with Gasteiger partial charge < -0.3 is 145 Å². The summed E-state index contributed by atoms with van der Waals surface area (Å²) in [5.41, 5.74) is -1.30. The Bertz CT molecular complexity index is 2050. The normalized spacial score (nSPS) is 26.4. The van der Waals surface area contributed by atoms with E-state index in [1.807, 2.05) is 0 Å². The fraction of sp³-hybridized carbons (Fsp3) is 0.864. The van der Waals surface area contributed by atoms with Crippen molar-refractivity contribution in [1.82, 2.24) is 42.5 Å². The number of hydrogen-bond acceptors (Lipinski definition) is 29. The van der Waals surface area contributed by atoms with Crippen molar-refractivity contribution >= 4 is 47.3 Å². The lowest BCUT2D eigenvalue weighted by molar-refractivity contribution is -0.272. The van der Waals surface area contributed by atoms with Gasteiger partial charge in [-0.1, -0.05) is 0 Å². The molecule has 3 fully saturated rings. The quantitative estimate of drug-likeness (QED) is 0.0252. The highest BCUT2D eigenvalue weighted by molar-refractivity contribution is 5.81. The second-order valence-electron chi connectivity index (χ2n) is 22.8. The molecule has 0 aromatic rings. The van der Waals surface area contributed by atoms with Crippen LogP contribution in [0, 0.1) is 0 Å². The first-order valence-corrected chi connectivity index (χ1v) is 32.4. The number of amides is 8. The highest BCUT2D eigenvalue weighted by Crippen LogP contribution is 2.28. The average Bonchev–Trinajstić information content (AvgIpc) is 0.880. The summed E-state index contributed by atoms with van der Waals surface area (Å²) in [5, 5.41) is 112. The van der Waals surface area contributed by atoms with Gasteiger partial charge in [0.2, 0.25) is 47.3 Å². The van der Waals surface area contributed by atoms with Crippen LogP contribution in [0.5, 0.6) is 0 Å². The van der Waals surface area contributed by atoms with Gasteiger partial charge in [0.1, 0.15) is 73.1 Å². The molecule has 3 rings (SSSR count). The summed E-state index contributed by atoms with van der Waals surface area (Å²) in [4.78, 5) is 101. The third kappa shape index (κ3) is 33.2. The van der Waals surface area contributed by atoms with Gasteiger partial charge in [-0.05, 0) is 32.6 Å². The molecule has 0 bridgehead atoms. The van der Waals surface area contributed by atoms with E-state index in [9.17, 15) is 84.3 Å². The number of aliphatic hydroxyl groups is 9. The molecule has 0 aromatic carbocycles. The van der Waals surface area contributed by atoms with Crippen molar-refractivity contribution in [2.75, 3.05) is 145 Å². The lowest BCUT2D eigenvalue weighted by Crippen LogP contribution is -2.64. The highest BCUT2D eigenvalue weighted by atomic mass is 16.7. The zero-order chi connectivity index (χ0) is 70.8. The smallest absolute Gasteiger partial charge is 0.220 e. The van der Waals surface area contributed by atoms with E-state index in [-0.39, 0.29) is 182 Å². The van der Waals surface area contributed by atoms with Crippen LogP contribution in [0.1, 0.15) is 85.5 Å². The summed E-state index contributed by atoms with van der Waals surface area (Å²) in [6.45, 7) is 5.07. The standard InChI is InChI=1S/C59H106N8O29/c1-5-60-42(74)7-6-8-46(78)67-59(12-9-43(75)61-15-18-85-21-24-88-27-30-91-56-47(64-36(2)71)53(82)50(79)39(33-68)94-56,13-10-44(76)62-16-19-86-22-25-89-28-31-92-57-48(65-37(3)72)54(83)51(80)40(34-69)95-57)14-11-45(77)63-17-20-87-23-26-90-29-32-93-58-49(66-38(4)73)55(84)52(81)41(35-70)96-58/h39-41,47-58,68-70,79-84H,5-35H2,1-4H3,(H,60,74)(H,61,75)(H,62,76)(H,63,77)(H,64,71)(H,65,72)(H,66,73)(H,67,78). The van der Waals surface area contributed by atoms with Crippen molar-refractivity contribution in [3.05, 3.63) is 0 Å². The minimum absolute atomic E-state index is 0.0200. The van der Waals surface area contributed by atoms with Crippen molar-refractivity contribution in [1.29, 1.82) is 0 Å². The Balaban J connectivity index is 1.55. The first-order valence-electron chi connectivity index (χ1n) is 32.4. The van der Waals surface area contributed by atoms with Crippen LogP contribution in [0.15, 0.2) is 0 Å². The van der Waals surface area contributed by atoms with E-state index in [2.05, 4.69) is 42.5 Å². The SMILES string of the molecule is CCNC(=O)CCCC(=O)NC(CCC(=O)NCCOCCOCCOC1OC(CO)C(O)C(O)C1NC(C)=O)(CCC(=O)NCCOCCOCCOC1OC(CO)C(O)C(O)C1NC(C)=O)CCC(=O)NCCOCCOCCOC1OC(CO)C(O)C(O)C1NC(C)=O. The van der Waals surface area contributed by atoms with E-state index in [1.165, 1.54) is 20.8 Å². The number of nitrogens with one attached hydrogen (secondary N) is 8. The topological polar surface area (TPSA) is 526 Å². The molecule has 15 atom stereocenters. The molecule has 0 aliphatic carbocycles. The van der Waals surface area contributed by atoms with E-state index in [0.29, 0.717) is 6.54 Å². The van der Waals surface area contributed by atoms with Crippen molar-refractivity contribution in [3.63, 3.8) is 0 Å². The van der Waals surface area contributed by atoms with Gasteiger partial charge in [-0.25, -0.2) is 0 Å². The van der Waals surface area contributed by atoms with E-state index < -0.39 is 159 Å². The maximum atomic E-state index is 13.7. The highest BCUT2D eigenvalue weighted by Gasteiger charge is 2.48. The predicted octanol–water partition coefficient (Wildman–Crippen LogP) is -8.18. The van der Waals surface area contributed by atoms with Crippen molar-refractivity contribution in [3.8, 4) is 0 Å². The van der Waals surface area contributed by atoms with Crippen LogP contribution in [0.3, 0.4) is 0 Å². The maximum Gasteiger partial charge on any atom is 0.220 e. The summed E-state index contributed by atoms with van der Waals surface area (Å²) in [6.07, 6.45) is -16.2. The summed E-state index contributed by atoms with van der Waals surface area (Å²) >= 11 is 0. The van der Waals surface area contributed by atoms with E-state index >= 15 is 0 Å². The molecule has 556 valence electrons. The Morgan fingerprint density at radius 3 is 0.917 bits per heavy atom. The van der Waals surface area contributed by atoms with Crippen LogP contribution in [-0.4, -0.2) is 336 Å². The summed E-state index contributed by atoms with van der Waals surface area (Å²) in [5.74, 6) is -3.54. The second-order valence-corrected chi connectivity index (χ2v) is 22.8. The largest absolute Gasteiger partial charge is 0.394 e. The zero-order valence-corrected chi connectivity index (χ0v) is 55.3. The third-order valence-electron chi connectivity index (χ3n) is 15.2. The molecule has 3 aliphatic rings. The molecule has 0 aromatic heterocycles. The Hall–Kier alpha value is -5.08. The van der Waals surface area contributed by atoms with Crippen molar-refractivity contribution < 1.29 is 141 Å². The minimum atomic E-state index is -1.47. The fourth-order valence-electron chi connectivity index (χ4n) is 10.2. The molecule has 0 saturated carbocycles. The molecule has 15 unspecified atom stereocenters. The number of ether oxygens (including phenoxy) is 12. The molecule has 37 heteroatoms. The Kier molecular flexibility index (Phi) is 43.1. The van der Waals surface area contributed by atoms with Crippen LogP contribution in [0.2, 0.25) is 0 Å². The molecule has 0 spiro atoms. The second kappa shape index (κ2) is 48.6. The lowest BCUT2D eigenvalue weighted by atomic mass is 9.82. The lowest BCUT2D eigenvalue weighted by Gasteiger charge is -2.42. The summed E-state index contributed by atoms with van der Waals surface area (Å²) in [6, 6.07) is -3.34. The number of hydrogen-bond donors (Lipinski definition) is 17. The van der Waals surface area contributed by atoms with E-state index in [0.717, 1.165) is 0 Å². The molecule has 17 N–H and O–H groups in total. The summed E-state index contributed by atoms with van der Waals surface area (Å²) < 4.78 is 66.9. The Morgan fingerprint density at radius 1 is 0.365 bits per heavy atom. The Morgan fingerprint density at radius 2 is 0.635 bits per heavy atom. The number of rotatable bonds is 51. The van der Waals surface area contributed by atoms with Crippen LogP contribution in [0.4, 0.5) is 0 Å². The van der Waals surface area contributed by atoms with Gasteiger partial charge >= 0.3 is 0 Å². The number of carbonyl (C=O) groups is 8. The molecule has 0 radical (unpaired) electrons. The van der Waals surface area contributed by atoms with Gasteiger partial charge in [0.25, 0.3) is 0 Å². The van der Waals surface area contributed by atoms with Crippen LogP contribution in [-0.2, 0) is 95.2 Å². The van der Waals surface area contributed by atoms with Gasteiger partial charge in [0, 0.05) is 84.6 Å². The monoisotopic (exact) mass is 1390 g/mol. The van der Waals surface area contributed by atoms with Gasteiger partial charge in [0.15, 0.2) is 18.9 Å². The fourth-order valence-corrected chi connectivity index (χ4v) is 10.2. The zero-order valence-electron chi connectivity index (χ0n) is 55.3. The van der Waals surface area contributed by atoms with Crippen LogP contribution >= 0.6 is 0 Å². The van der Waals surface area contributed by atoms with Gasteiger partial charge in [-0.15, -0.1) is 0 Å². The van der Waals surface area contributed by atoms with E-state index in [4.69, 9.17) is 56.8 Å². The molecule has 37 nitrogen and oxygen atoms in total. The van der Waals surface area contributed by atoms with Crippen LogP contribution < -0.4 is 42.5 Å². The molecule has 3 heterocycles. The third-order valence-corrected chi connectivity index (χ3v) is 15.2. The minimum Gasteiger partial charge on any atom is -0.394 e. The van der Waals surface area contributed by atoms with E-state index in [1.54, 1.807) is 6.92 Å². The number of carbonyl (C=O) groups excluding carboxylic acids is 8. The molecule has 3 aliphatic heterocycles. The van der Waals surface area contributed by atoms with Crippen molar-refractivity contribution in [2.24, 2.45) is 0 Å². The van der Waals surface area contributed by atoms with Crippen LogP contribution in [0.25, 0.3) is 0 Å². The van der Waals surface area contributed by atoms with Gasteiger partial charge in [0.05, 0.1) is 119 Å². The average molecular weight is 1390 g/mol. The molecule has 8 amide bonds.